The van der Waals surface area contributed by atoms with Crippen molar-refractivity contribution in [2.45, 2.75) is 25.3 Å². The number of ether oxygens (including phenoxy) is 1. The molecule has 0 saturated carbocycles. The molecule has 0 fully saturated rings. The summed E-state index contributed by atoms with van der Waals surface area (Å²) in [5.41, 5.74) is 3.95. The molecule has 2 aliphatic heterocycles. The second-order valence-corrected chi connectivity index (χ2v) is 5.83. The molecule has 0 radical (unpaired) electrons. The van der Waals surface area contributed by atoms with Crippen molar-refractivity contribution >= 4 is 5.69 Å². The molecule has 0 aromatic heterocycles. The molecule has 2 aromatic rings. The second-order valence-electron chi connectivity index (χ2n) is 5.83. The monoisotopic (exact) mass is 281 g/mol. The first-order valence-corrected chi connectivity index (χ1v) is 7.63. The minimum absolute atomic E-state index is 0.250. The summed E-state index contributed by atoms with van der Waals surface area (Å²) in [7, 11) is 0. The number of anilines is 1. The van der Waals surface area contributed by atoms with Crippen LogP contribution in [0.4, 0.5) is 5.69 Å². The Morgan fingerprint density at radius 3 is 2.95 bits per heavy atom. The van der Waals surface area contributed by atoms with Gasteiger partial charge in [0.05, 0.1) is 6.04 Å². The second kappa shape index (κ2) is 4.99. The van der Waals surface area contributed by atoms with Gasteiger partial charge in [-0.3, -0.25) is 0 Å². The number of nitrogens with zero attached hydrogens (tertiary/aromatic N) is 1. The summed E-state index contributed by atoms with van der Waals surface area (Å²) in [6.45, 7) is 1.72. The maximum Gasteiger partial charge on any atom is 0.128 e. The summed E-state index contributed by atoms with van der Waals surface area (Å²) in [6, 6.07) is 14.4. The van der Waals surface area contributed by atoms with E-state index in [2.05, 4.69) is 29.2 Å². The SMILES string of the molecule is Oc1ccc2c(c1)OCC2N1CCCCc2ccccc21. The summed E-state index contributed by atoms with van der Waals surface area (Å²) in [4.78, 5) is 2.48. The van der Waals surface area contributed by atoms with E-state index in [1.807, 2.05) is 6.07 Å². The van der Waals surface area contributed by atoms with Crippen molar-refractivity contribution in [2.24, 2.45) is 0 Å². The summed E-state index contributed by atoms with van der Waals surface area (Å²) in [5, 5.41) is 9.60. The van der Waals surface area contributed by atoms with Gasteiger partial charge in [0.1, 0.15) is 18.1 Å². The number of aromatic hydroxyl groups is 1. The smallest absolute Gasteiger partial charge is 0.128 e. The van der Waals surface area contributed by atoms with Crippen molar-refractivity contribution < 1.29 is 9.84 Å². The lowest BCUT2D eigenvalue weighted by molar-refractivity contribution is 0.325. The lowest BCUT2D eigenvalue weighted by atomic mass is 10.0. The molecule has 3 nitrogen and oxygen atoms in total. The quantitative estimate of drug-likeness (QED) is 0.865. The van der Waals surface area contributed by atoms with E-state index in [1.54, 1.807) is 12.1 Å². The number of rotatable bonds is 1. The van der Waals surface area contributed by atoms with Gasteiger partial charge in [-0.15, -0.1) is 0 Å². The molecule has 2 heterocycles. The zero-order chi connectivity index (χ0) is 14.2. The van der Waals surface area contributed by atoms with E-state index >= 15 is 0 Å². The number of hydrogen-bond donors (Lipinski definition) is 1. The Bertz CT molecular complexity index is 668. The van der Waals surface area contributed by atoms with Gasteiger partial charge < -0.3 is 14.7 Å². The first-order chi connectivity index (χ1) is 10.3. The summed E-state index contributed by atoms with van der Waals surface area (Å²) >= 11 is 0. The van der Waals surface area contributed by atoms with Gasteiger partial charge >= 0.3 is 0 Å². The highest BCUT2D eigenvalue weighted by Crippen LogP contribution is 2.41. The number of phenolic OH excluding ortho intramolecular Hbond substituents is 1. The molecule has 4 rings (SSSR count). The minimum Gasteiger partial charge on any atom is -0.508 e. The van der Waals surface area contributed by atoms with Crippen molar-refractivity contribution in [1.29, 1.82) is 0 Å². The van der Waals surface area contributed by atoms with Crippen LogP contribution in [0.25, 0.3) is 0 Å². The molecule has 0 bridgehead atoms. The van der Waals surface area contributed by atoms with Crippen LogP contribution in [0.2, 0.25) is 0 Å². The van der Waals surface area contributed by atoms with Gasteiger partial charge in [0, 0.05) is 23.9 Å². The van der Waals surface area contributed by atoms with Gasteiger partial charge in [0.25, 0.3) is 0 Å². The number of fused-ring (bicyclic) bond motifs is 2. The van der Waals surface area contributed by atoms with Gasteiger partial charge in [-0.2, -0.15) is 0 Å². The molecule has 3 heteroatoms. The van der Waals surface area contributed by atoms with Gasteiger partial charge in [0.15, 0.2) is 0 Å². The molecule has 0 aliphatic carbocycles. The van der Waals surface area contributed by atoms with Crippen molar-refractivity contribution in [3.63, 3.8) is 0 Å². The Morgan fingerprint density at radius 1 is 1.10 bits per heavy atom. The average molecular weight is 281 g/mol. The summed E-state index contributed by atoms with van der Waals surface area (Å²) < 4.78 is 5.80. The van der Waals surface area contributed by atoms with Crippen LogP contribution in [0.3, 0.4) is 0 Å². The fourth-order valence-electron chi connectivity index (χ4n) is 3.48. The number of phenols is 1. The zero-order valence-corrected chi connectivity index (χ0v) is 12.0. The molecule has 1 N–H and O–H groups in total. The lowest BCUT2D eigenvalue weighted by Crippen LogP contribution is -2.30. The average Bonchev–Trinajstić information content (AvgIpc) is 2.79. The molecular weight excluding hydrogens is 262 g/mol. The fourth-order valence-corrected chi connectivity index (χ4v) is 3.48. The third kappa shape index (κ3) is 2.13. The van der Waals surface area contributed by atoms with Crippen LogP contribution in [0, 0.1) is 0 Å². The minimum atomic E-state index is 0.250. The van der Waals surface area contributed by atoms with E-state index in [-0.39, 0.29) is 11.8 Å². The van der Waals surface area contributed by atoms with Crippen molar-refractivity contribution in [3.8, 4) is 11.5 Å². The first-order valence-electron chi connectivity index (χ1n) is 7.63. The van der Waals surface area contributed by atoms with E-state index in [0.717, 1.165) is 18.7 Å². The van der Waals surface area contributed by atoms with Gasteiger partial charge in [-0.25, -0.2) is 0 Å². The van der Waals surface area contributed by atoms with E-state index in [1.165, 1.54) is 29.7 Å². The summed E-state index contributed by atoms with van der Waals surface area (Å²) in [6.07, 6.45) is 3.60. The van der Waals surface area contributed by atoms with Crippen molar-refractivity contribution in [2.75, 3.05) is 18.1 Å². The maximum atomic E-state index is 9.60. The molecule has 1 atom stereocenters. The topological polar surface area (TPSA) is 32.7 Å². The normalized spacial score (nSPS) is 20.4. The molecule has 0 spiro atoms. The van der Waals surface area contributed by atoms with Crippen LogP contribution in [-0.2, 0) is 6.42 Å². The van der Waals surface area contributed by atoms with Crippen molar-refractivity contribution in [3.05, 3.63) is 53.6 Å². The number of aryl methyl sites for hydroxylation is 1. The Morgan fingerprint density at radius 2 is 2.00 bits per heavy atom. The molecule has 1 unspecified atom stereocenters. The molecule has 0 amide bonds. The van der Waals surface area contributed by atoms with Crippen LogP contribution >= 0.6 is 0 Å². The number of benzene rings is 2. The maximum absolute atomic E-state index is 9.60. The van der Waals surface area contributed by atoms with E-state index in [0.29, 0.717) is 6.61 Å². The van der Waals surface area contributed by atoms with Crippen molar-refractivity contribution in [1.82, 2.24) is 0 Å². The standard InChI is InChI=1S/C18H19NO2/c20-14-8-9-15-17(12-21-18(15)11-14)19-10-4-3-6-13-5-1-2-7-16(13)19/h1-2,5,7-9,11,17,20H,3-4,6,10,12H2. The van der Waals surface area contributed by atoms with Crippen LogP contribution < -0.4 is 9.64 Å². The molecule has 2 aliphatic rings. The van der Waals surface area contributed by atoms with Gasteiger partial charge in [0.2, 0.25) is 0 Å². The zero-order valence-electron chi connectivity index (χ0n) is 12.0. The van der Waals surface area contributed by atoms with E-state index in [4.69, 9.17) is 4.74 Å². The van der Waals surface area contributed by atoms with Crippen LogP contribution in [0.1, 0.15) is 30.0 Å². The molecule has 21 heavy (non-hydrogen) atoms. The Kier molecular flexibility index (Phi) is 2.99. The summed E-state index contributed by atoms with van der Waals surface area (Å²) in [5.74, 6) is 1.09. The molecule has 0 saturated heterocycles. The predicted molar refractivity (Wildman–Crippen MR) is 83.1 cm³/mol. The Balaban J connectivity index is 1.75. The largest absolute Gasteiger partial charge is 0.508 e. The number of hydrogen-bond acceptors (Lipinski definition) is 3. The highest BCUT2D eigenvalue weighted by molar-refractivity contribution is 5.58. The molecular formula is C18H19NO2. The highest BCUT2D eigenvalue weighted by Gasteiger charge is 2.31. The number of para-hydroxylation sites is 1. The third-order valence-corrected chi connectivity index (χ3v) is 4.53. The first kappa shape index (κ1) is 12.6. The van der Waals surface area contributed by atoms with Crippen LogP contribution in [0.5, 0.6) is 11.5 Å². The van der Waals surface area contributed by atoms with Crippen LogP contribution in [0.15, 0.2) is 42.5 Å². The van der Waals surface area contributed by atoms with Gasteiger partial charge in [-0.1, -0.05) is 18.2 Å². The lowest BCUT2D eigenvalue weighted by Gasteiger charge is -2.30. The van der Waals surface area contributed by atoms with E-state index < -0.39 is 0 Å². The van der Waals surface area contributed by atoms with Crippen LogP contribution in [-0.4, -0.2) is 18.3 Å². The Hall–Kier alpha value is -2.16. The Labute approximate surface area is 124 Å². The fraction of sp³-hybridized carbons (Fsp3) is 0.333. The van der Waals surface area contributed by atoms with Gasteiger partial charge in [-0.05, 0) is 43.0 Å². The van der Waals surface area contributed by atoms with E-state index in [9.17, 15) is 5.11 Å². The molecule has 2 aromatic carbocycles. The predicted octanol–water partition coefficient (Wildman–Crippen LogP) is 3.67. The third-order valence-electron chi connectivity index (χ3n) is 4.53. The highest BCUT2D eigenvalue weighted by atomic mass is 16.5. The molecule has 108 valence electrons.